The second-order valence-corrected chi connectivity index (χ2v) is 7.00. The van der Waals surface area contributed by atoms with Crippen LogP contribution in [-0.4, -0.2) is 63.6 Å². The Hall–Kier alpha value is -3.09. The lowest BCUT2D eigenvalue weighted by Gasteiger charge is -2.21. The van der Waals surface area contributed by atoms with E-state index in [1.165, 1.54) is 12.1 Å². The Morgan fingerprint density at radius 3 is 2.68 bits per heavy atom. The average molecular weight is 439 g/mol. The molecule has 0 radical (unpaired) electrons. The highest BCUT2D eigenvalue weighted by molar-refractivity contribution is 6.04. The molecular formula is C19H19F2N3O7. The fourth-order valence-corrected chi connectivity index (χ4v) is 3.27. The van der Waals surface area contributed by atoms with Gasteiger partial charge in [0.1, 0.15) is 11.9 Å². The number of anilines is 1. The number of nitrogens with one attached hydrogen (secondary N) is 1. The smallest absolute Gasteiger partial charge is 0.351 e. The summed E-state index contributed by atoms with van der Waals surface area (Å²) in [7, 11) is 0. The van der Waals surface area contributed by atoms with Gasteiger partial charge in [-0.25, -0.2) is 4.79 Å². The number of aliphatic hydroxyl groups excluding tert-OH is 2. The topological polar surface area (TPSA) is 132 Å². The molecule has 0 spiro atoms. The first-order valence-corrected chi connectivity index (χ1v) is 9.43. The number of aliphatic hydroxyl groups is 2. The zero-order valence-electron chi connectivity index (χ0n) is 16.0. The van der Waals surface area contributed by atoms with E-state index in [2.05, 4.69) is 10.3 Å². The summed E-state index contributed by atoms with van der Waals surface area (Å²) in [6.45, 7) is 0.0925. The molecule has 10 nitrogen and oxygen atoms in total. The maximum Gasteiger partial charge on any atom is 0.351 e. The third kappa shape index (κ3) is 3.96. The summed E-state index contributed by atoms with van der Waals surface area (Å²) in [6.07, 6.45) is -4.31. The Labute approximate surface area is 174 Å². The summed E-state index contributed by atoms with van der Waals surface area (Å²) < 4.78 is 44.9. The minimum Gasteiger partial charge on any atom is -0.490 e. The number of carbonyl (C=O) groups is 1. The first-order valence-electron chi connectivity index (χ1n) is 9.43. The van der Waals surface area contributed by atoms with Crippen molar-refractivity contribution in [1.82, 2.24) is 9.55 Å². The van der Waals surface area contributed by atoms with Crippen LogP contribution in [0, 0.1) is 0 Å². The van der Waals surface area contributed by atoms with E-state index in [4.69, 9.17) is 19.3 Å². The quantitative estimate of drug-likeness (QED) is 0.629. The molecule has 1 saturated heterocycles. The van der Waals surface area contributed by atoms with Crippen LogP contribution in [0.3, 0.4) is 0 Å². The first kappa shape index (κ1) is 21.2. The van der Waals surface area contributed by atoms with Crippen molar-refractivity contribution in [2.24, 2.45) is 0 Å². The summed E-state index contributed by atoms with van der Waals surface area (Å²) in [6, 6.07) is 5.72. The van der Waals surface area contributed by atoms with E-state index < -0.39 is 42.6 Å². The standard InChI is InChI=1S/C19H19F2N3O7/c20-19(21)15(26)13(9-25)31-17(19)24-5-4-14(23-18(24)28)22-16(27)10-2-3-11-12(8-10)30-7-1-6-29-11/h2-5,8,13,15,17,25-26H,1,6-7,9H2,(H,22,23,27,28)/t13?,15-,17+/m0/s1. The van der Waals surface area contributed by atoms with Crippen LogP contribution in [0.15, 0.2) is 35.3 Å². The number of nitrogens with zero attached hydrogens (tertiary/aromatic N) is 2. The number of carbonyl (C=O) groups excluding carboxylic acids is 1. The third-order valence-corrected chi connectivity index (χ3v) is 4.89. The summed E-state index contributed by atoms with van der Waals surface area (Å²) in [5.74, 6) is -3.67. The highest BCUT2D eigenvalue weighted by Crippen LogP contribution is 2.42. The molecular weight excluding hydrogens is 420 g/mol. The molecule has 1 unspecified atom stereocenters. The lowest BCUT2D eigenvalue weighted by molar-refractivity contribution is -0.140. The molecule has 166 valence electrons. The van der Waals surface area contributed by atoms with Gasteiger partial charge in [0.15, 0.2) is 17.6 Å². The van der Waals surface area contributed by atoms with Crippen LogP contribution in [0.5, 0.6) is 11.5 Å². The highest BCUT2D eigenvalue weighted by Gasteiger charge is 2.59. The van der Waals surface area contributed by atoms with Gasteiger partial charge in [0.25, 0.3) is 5.91 Å². The molecule has 1 aromatic heterocycles. The molecule has 1 aromatic carbocycles. The summed E-state index contributed by atoms with van der Waals surface area (Å²) in [5, 5.41) is 21.1. The number of hydrogen-bond acceptors (Lipinski definition) is 8. The minimum atomic E-state index is -3.83. The number of aromatic nitrogens is 2. The van der Waals surface area contributed by atoms with Gasteiger partial charge >= 0.3 is 11.6 Å². The van der Waals surface area contributed by atoms with Gasteiger partial charge in [0, 0.05) is 18.2 Å². The van der Waals surface area contributed by atoms with Gasteiger partial charge in [-0.05, 0) is 24.3 Å². The molecule has 12 heteroatoms. The van der Waals surface area contributed by atoms with E-state index in [1.54, 1.807) is 6.07 Å². The predicted molar refractivity (Wildman–Crippen MR) is 100 cm³/mol. The fourth-order valence-electron chi connectivity index (χ4n) is 3.27. The molecule has 0 saturated carbocycles. The predicted octanol–water partition coefficient (Wildman–Crippen LogP) is 0.543. The van der Waals surface area contributed by atoms with Gasteiger partial charge in [-0.15, -0.1) is 0 Å². The van der Waals surface area contributed by atoms with E-state index in [0.717, 1.165) is 12.3 Å². The summed E-state index contributed by atoms with van der Waals surface area (Å²) >= 11 is 0. The third-order valence-electron chi connectivity index (χ3n) is 4.89. The van der Waals surface area contributed by atoms with Crippen LogP contribution in [0.2, 0.25) is 0 Å². The van der Waals surface area contributed by atoms with E-state index in [0.29, 0.717) is 35.7 Å². The Morgan fingerprint density at radius 1 is 1.26 bits per heavy atom. The maximum absolute atomic E-state index is 14.2. The lowest BCUT2D eigenvalue weighted by atomic mass is 10.1. The molecule has 2 aromatic rings. The van der Waals surface area contributed by atoms with Crippen molar-refractivity contribution in [3.05, 3.63) is 46.5 Å². The number of halogens is 2. The largest absolute Gasteiger partial charge is 0.490 e. The number of amides is 1. The first-order chi connectivity index (χ1) is 14.8. The van der Waals surface area contributed by atoms with Crippen molar-refractivity contribution in [3.63, 3.8) is 0 Å². The van der Waals surface area contributed by atoms with Crippen LogP contribution >= 0.6 is 0 Å². The zero-order valence-corrected chi connectivity index (χ0v) is 16.0. The van der Waals surface area contributed by atoms with Crippen molar-refractivity contribution in [3.8, 4) is 11.5 Å². The monoisotopic (exact) mass is 439 g/mol. The number of rotatable bonds is 4. The van der Waals surface area contributed by atoms with Crippen LogP contribution < -0.4 is 20.5 Å². The number of hydrogen-bond donors (Lipinski definition) is 3. The van der Waals surface area contributed by atoms with E-state index in [1.807, 2.05) is 0 Å². The lowest BCUT2D eigenvalue weighted by Crippen LogP contribution is -2.41. The van der Waals surface area contributed by atoms with Crippen molar-refractivity contribution >= 4 is 11.7 Å². The molecule has 3 N–H and O–H groups in total. The van der Waals surface area contributed by atoms with E-state index in [-0.39, 0.29) is 11.4 Å². The van der Waals surface area contributed by atoms with Gasteiger partial charge < -0.3 is 29.7 Å². The highest BCUT2D eigenvalue weighted by atomic mass is 19.3. The van der Waals surface area contributed by atoms with Gasteiger partial charge in [0.2, 0.25) is 6.23 Å². The van der Waals surface area contributed by atoms with Gasteiger partial charge in [-0.3, -0.25) is 9.36 Å². The molecule has 1 amide bonds. The molecule has 31 heavy (non-hydrogen) atoms. The Balaban J connectivity index is 1.52. The van der Waals surface area contributed by atoms with Crippen molar-refractivity contribution in [2.45, 2.75) is 30.8 Å². The molecule has 3 atom stereocenters. The SMILES string of the molecule is O=C(Nc1ccn([C@@H]2OC(CO)[C@H](O)C2(F)F)c(=O)n1)c1ccc2c(c1)OCCCO2. The molecule has 0 aliphatic carbocycles. The summed E-state index contributed by atoms with van der Waals surface area (Å²) in [5.41, 5.74) is -0.915. The van der Waals surface area contributed by atoms with Crippen molar-refractivity contribution < 1.29 is 38.0 Å². The number of fused-ring (bicyclic) bond motifs is 1. The van der Waals surface area contributed by atoms with Gasteiger partial charge in [0.05, 0.1) is 19.8 Å². The molecule has 3 heterocycles. The number of benzene rings is 1. The molecule has 2 aliphatic heterocycles. The van der Waals surface area contributed by atoms with Crippen molar-refractivity contribution in [2.75, 3.05) is 25.1 Å². The molecule has 2 aliphatic rings. The Bertz CT molecular complexity index is 1050. The normalized spacial score (nSPS) is 24.5. The number of alkyl halides is 2. The Kier molecular flexibility index (Phi) is 5.60. The van der Waals surface area contributed by atoms with Gasteiger partial charge in [-0.2, -0.15) is 13.8 Å². The van der Waals surface area contributed by atoms with E-state index in [9.17, 15) is 23.5 Å². The zero-order chi connectivity index (χ0) is 22.2. The van der Waals surface area contributed by atoms with E-state index >= 15 is 0 Å². The second-order valence-electron chi connectivity index (χ2n) is 7.00. The van der Waals surface area contributed by atoms with Crippen LogP contribution in [0.4, 0.5) is 14.6 Å². The number of ether oxygens (including phenoxy) is 3. The minimum absolute atomic E-state index is 0.168. The average Bonchev–Trinajstić information content (AvgIpc) is 2.90. The summed E-state index contributed by atoms with van der Waals surface area (Å²) in [4.78, 5) is 28.4. The fraction of sp³-hybridized carbons (Fsp3) is 0.421. The van der Waals surface area contributed by atoms with Crippen molar-refractivity contribution in [1.29, 1.82) is 0 Å². The van der Waals surface area contributed by atoms with Crippen LogP contribution in [0.25, 0.3) is 0 Å². The second kappa shape index (κ2) is 8.21. The molecule has 0 bridgehead atoms. The Morgan fingerprint density at radius 2 is 2.00 bits per heavy atom. The molecule has 1 fully saturated rings. The van der Waals surface area contributed by atoms with Crippen LogP contribution in [0.1, 0.15) is 23.0 Å². The van der Waals surface area contributed by atoms with Gasteiger partial charge in [-0.1, -0.05) is 0 Å². The van der Waals surface area contributed by atoms with Crippen LogP contribution in [-0.2, 0) is 4.74 Å². The molecule has 4 rings (SSSR count). The maximum atomic E-state index is 14.2.